The van der Waals surface area contributed by atoms with Crippen LogP contribution < -0.4 is 5.32 Å². The van der Waals surface area contributed by atoms with Gasteiger partial charge in [-0.05, 0) is 24.6 Å². The standard InChI is InChI=1S/C13H14ClNO4/c1-8-4-5-9(14)10(6-8)15-11(13(17)19-3)7-12(16)18-2/h4-7,15H,1-3H3/b11-7+. The summed E-state index contributed by atoms with van der Waals surface area (Å²) in [6.07, 6.45) is 1.00. The molecule has 5 nitrogen and oxygen atoms in total. The monoisotopic (exact) mass is 283 g/mol. The van der Waals surface area contributed by atoms with Crippen LogP contribution in [-0.2, 0) is 19.1 Å². The minimum absolute atomic E-state index is 0.0538. The molecule has 0 bridgehead atoms. The maximum Gasteiger partial charge on any atom is 0.354 e. The van der Waals surface area contributed by atoms with Gasteiger partial charge in [-0.3, -0.25) is 0 Å². The number of benzene rings is 1. The first kappa shape index (κ1) is 15.0. The molecule has 6 heteroatoms. The summed E-state index contributed by atoms with van der Waals surface area (Å²) < 4.78 is 9.05. The highest BCUT2D eigenvalue weighted by molar-refractivity contribution is 6.33. The fourth-order valence-electron chi connectivity index (χ4n) is 1.31. The van der Waals surface area contributed by atoms with Crippen molar-refractivity contribution < 1.29 is 19.1 Å². The van der Waals surface area contributed by atoms with Gasteiger partial charge in [-0.25, -0.2) is 9.59 Å². The summed E-state index contributed by atoms with van der Waals surface area (Å²) in [5.41, 5.74) is 1.40. The molecule has 0 saturated heterocycles. The van der Waals surface area contributed by atoms with E-state index in [9.17, 15) is 9.59 Å². The summed E-state index contributed by atoms with van der Waals surface area (Å²) in [6, 6.07) is 5.26. The van der Waals surface area contributed by atoms with Gasteiger partial charge in [-0.15, -0.1) is 0 Å². The second-order valence-electron chi connectivity index (χ2n) is 3.68. The predicted molar refractivity (Wildman–Crippen MR) is 71.9 cm³/mol. The first-order chi connectivity index (χ1) is 8.97. The number of carbonyl (C=O) groups is 2. The van der Waals surface area contributed by atoms with E-state index in [1.165, 1.54) is 14.2 Å². The van der Waals surface area contributed by atoms with Crippen LogP contribution in [0.25, 0.3) is 0 Å². The smallest absolute Gasteiger partial charge is 0.354 e. The topological polar surface area (TPSA) is 64.6 Å². The molecule has 0 atom stereocenters. The Hall–Kier alpha value is -2.01. The molecule has 0 unspecified atom stereocenters. The van der Waals surface area contributed by atoms with Gasteiger partial charge in [0, 0.05) is 0 Å². The van der Waals surface area contributed by atoms with Gasteiger partial charge < -0.3 is 14.8 Å². The Bertz CT molecular complexity index is 525. The number of esters is 2. The zero-order valence-electron chi connectivity index (χ0n) is 10.8. The van der Waals surface area contributed by atoms with Crippen LogP contribution in [0.1, 0.15) is 5.56 Å². The molecule has 0 spiro atoms. The van der Waals surface area contributed by atoms with Crippen molar-refractivity contribution in [3.8, 4) is 0 Å². The first-order valence-corrected chi connectivity index (χ1v) is 5.77. The Morgan fingerprint density at radius 1 is 1.26 bits per heavy atom. The number of ether oxygens (including phenoxy) is 2. The molecule has 1 aromatic carbocycles. The highest BCUT2D eigenvalue weighted by Crippen LogP contribution is 2.24. The predicted octanol–water partition coefficient (Wildman–Crippen LogP) is 2.29. The molecule has 0 amide bonds. The van der Waals surface area contributed by atoms with E-state index in [0.29, 0.717) is 10.7 Å². The van der Waals surface area contributed by atoms with E-state index in [1.807, 2.05) is 13.0 Å². The molecule has 0 aromatic heterocycles. The molecule has 19 heavy (non-hydrogen) atoms. The average molecular weight is 284 g/mol. The maximum atomic E-state index is 11.6. The Morgan fingerprint density at radius 3 is 2.53 bits per heavy atom. The molecule has 1 rings (SSSR count). The average Bonchev–Trinajstić information content (AvgIpc) is 2.40. The number of rotatable bonds is 4. The quantitative estimate of drug-likeness (QED) is 0.678. The summed E-state index contributed by atoms with van der Waals surface area (Å²) in [7, 11) is 2.43. The van der Waals surface area contributed by atoms with Gasteiger partial charge in [0.15, 0.2) is 0 Å². The van der Waals surface area contributed by atoms with Crippen LogP contribution >= 0.6 is 11.6 Å². The maximum absolute atomic E-state index is 11.6. The first-order valence-electron chi connectivity index (χ1n) is 5.39. The van der Waals surface area contributed by atoms with Gasteiger partial charge in [-0.2, -0.15) is 0 Å². The largest absolute Gasteiger partial charge is 0.466 e. The van der Waals surface area contributed by atoms with Crippen LogP contribution in [0.3, 0.4) is 0 Å². The van der Waals surface area contributed by atoms with E-state index in [0.717, 1.165) is 11.6 Å². The second-order valence-corrected chi connectivity index (χ2v) is 4.09. The van der Waals surface area contributed by atoms with Crippen molar-refractivity contribution in [2.24, 2.45) is 0 Å². The SMILES string of the molecule is COC(=O)/C=C(/Nc1cc(C)ccc1Cl)C(=O)OC. The lowest BCUT2D eigenvalue weighted by Crippen LogP contribution is -2.15. The molecule has 0 saturated carbocycles. The summed E-state index contributed by atoms with van der Waals surface area (Å²) >= 11 is 6.00. The van der Waals surface area contributed by atoms with Crippen LogP contribution in [0, 0.1) is 6.92 Å². The van der Waals surface area contributed by atoms with E-state index in [2.05, 4.69) is 14.8 Å². The summed E-state index contributed by atoms with van der Waals surface area (Å²) in [6.45, 7) is 1.88. The Labute approximate surface area is 116 Å². The number of methoxy groups -OCH3 is 2. The van der Waals surface area contributed by atoms with Crippen molar-refractivity contribution in [2.75, 3.05) is 19.5 Å². The molecule has 1 N–H and O–H groups in total. The van der Waals surface area contributed by atoms with Gasteiger partial charge in [0.05, 0.1) is 31.0 Å². The third kappa shape index (κ3) is 4.30. The zero-order valence-corrected chi connectivity index (χ0v) is 11.6. The minimum Gasteiger partial charge on any atom is -0.466 e. The van der Waals surface area contributed by atoms with Crippen molar-refractivity contribution in [3.63, 3.8) is 0 Å². The van der Waals surface area contributed by atoms with E-state index in [1.54, 1.807) is 12.1 Å². The van der Waals surface area contributed by atoms with E-state index in [-0.39, 0.29) is 5.70 Å². The molecule has 1 aromatic rings. The molecule has 102 valence electrons. The van der Waals surface area contributed by atoms with E-state index in [4.69, 9.17) is 11.6 Å². The normalized spacial score (nSPS) is 10.8. The lowest BCUT2D eigenvalue weighted by molar-refractivity contribution is -0.138. The number of aryl methyl sites for hydroxylation is 1. The van der Waals surface area contributed by atoms with Crippen molar-refractivity contribution in [3.05, 3.63) is 40.6 Å². The Kier molecular flexibility index (Phi) is 5.38. The lowest BCUT2D eigenvalue weighted by Gasteiger charge is -2.11. The molecule has 0 aliphatic carbocycles. The van der Waals surface area contributed by atoms with Crippen LogP contribution in [-0.4, -0.2) is 26.2 Å². The Balaban J connectivity index is 3.07. The minimum atomic E-state index is -0.692. The number of hydrogen-bond donors (Lipinski definition) is 1. The summed E-state index contributed by atoms with van der Waals surface area (Å²) in [4.78, 5) is 22.8. The van der Waals surface area contributed by atoms with Crippen LogP contribution in [0.5, 0.6) is 0 Å². The van der Waals surface area contributed by atoms with Crippen molar-refractivity contribution in [1.82, 2.24) is 0 Å². The third-order valence-electron chi connectivity index (χ3n) is 2.26. The summed E-state index contributed by atoms with van der Waals surface area (Å²) in [5, 5.41) is 3.18. The second kappa shape index (κ2) is 6.80. The highest BCUT2D eigenvalue weighted by Gasteiger charge is 2.14. The van der Waals surface area contributed by atoms with Gasteiger partial charge in [0.2, 0.25) is 0 Å². The number of nitrogens with one attached hydrogen (secondary N) is 1. The van der Waals surface area contributed by atoms with Crippen molar-refractivity contribution >= 4 is 29.2 Å². The molecular formula is C13H14ClNO4. The highest BCUT2D eigenvalue weighted by atomic mass is 35.5. The molecule has 0 radical (unpaired) electrons. The van der Waals surface area contributed by atoms with Gasteiger partial charge >= 0.3 is 11.9 Å². The van der Waals surface area contributed by atoms with Crippen molar-refractivity contribution in [2.45, 2.75) is 6.92 Å². The number of carbonyl (C=O) groups excluding carboxylic acids is 2. The lowest BCUT2D eigenvalue weighted by atomic mass is 10.2. The zero-order chi connectivity index (χ0) is 14.4. The fourth-order valence-corrected chi connectivity index (χ4v) is 1.48. The number of halogens is 1. The van der Waals surface area contributed by atoms with E-state index >= 15 is 0 Å². The molecule has 0 aliphatic rings. The fraction of sp³-hybridized carbons (Fsp3) is 0.231. The van der Waals surface area contributed by atoms with Crippen LogP contribution in [0.2, 0.25) is 5.02 Å². The summed E-state index contributed by atoms with van der Waals surface area (Å²) in [5.74, 6) is -1.36. The van der Waals surface area contributed by atoms with Gasteiger partial charge in [-0.1, -0.05) is 17.7 Å². The molecule has 0 aliphatic heterocycles. The molecule has 0 fully saturated rings. The van der Waals surface area contributed by atoms with E-state index < -0.39 is 11.9 Å². The van der Waals surface area contributed by atoms with Crippen LogP contribution in [0.15, 0.2) is 30.0 Å². The van der Waals surface area contributed by atoms with Gasteiger partial charge in [0.25, 0.3) is 0 Å². The molecular weight excluding hydrogens is 270 g/mol. The Morgan fingerprint density at radius 2 is 1.95 bits per heavy atom. The number of hydrogen-bond acceptors (Lipinski definition) is 5. The van der Waals surface area contributed by atoms with Crippen LogP contribution in [0.4, 0.5) is 5.69 Å². The van der Waals surface area contributed by atoms with Gasteiger partial charge in [0.1, 0.15) is 5.70 Å². The van der Waals surface area contributed by atoms with Crippen molar-refractivity contribution in [1.29, 1.82) is 0 Å². The third-order valence-corrected chi connectivity index (χ3v) is 2.59. The number of anilines is 1. The molecule has 0 heterocycles.